The summed E-state index contributed by atoms with van der Waals surface area (Å²) in [6, 6.07) is 9.86. The highest BCUT2D eigenvalue weighted by Crippen LogP contribution is 2.30. The quantitative estimate of drug-likeness (QED) is 0.609. The van der Waals surface area contributed by atoms with Crippen molar-refractivity contribution in [1.82, 2.24) is 19.4 Å². The van der Waals surface area contributed by atoms with Crippen molar-refractivity contribution in [2.45, 2.75) is 38.5 Å². The van der Waals surface area contributed by atoms with Gasteiger partial charge in [0.05, 0.1) is 17.3 Å². The van der Waals surface area contributed by atoms with E-state index in [1.54, 1.807) is 27.7 Å². The number of rotatable bonds is 3. The Hall–Kier alpha value is -3.42. The van der Waals surface area contributed by atoms with Gasteiger partial charge < -0.3 is 15.1 Å². The summed E-state index contributed by atoms with van der Waals surface area (Å²) in [5.74, 6) is 0.653. The molecule has 5 rings (SSSR count). The van der Waals surface area contributed by atoms with Crippen LogP contribution >= 0.6 is 0 Å². The normalized spacial score (nSPS) is 17.8. The number of carbonyl (C=O) groups is 2. The van der Waals surface area contributed by atoms with Gasteiger partial charge in [0, 0.05) is 38.1 Å². The average Bonchev–Trinajstić information content (AvgIpc) is 3.27. The van der Waals surface area contributed by atoms with E-state index in [1.807, 2.05) is 11.1 Å². The van der Waals surface area contributed by atoms with Crippen LogP contribution in [0.2, 0.25) is 0 Å². The number of carbonyl (C=O) groups excluding carboxylic acids is 2. The van der Waals surface area contributed by atoms with Gasteiger partial charge in [-0.2, -0.15) is 5.10 Å². The number of aromatic nitrogens is 2. The first-order valence-corrected chi connectivity index (χ1v) is 12.1. The van der Waals surface area contributed by atoms with Gasteiger partial charge in [-0.3, -0.25) is 4.79 Å². The molecular weight excluding hydrogens is 433 g/mol. The lowest BCUT2D eigenvalue weighted by Gasteiger charge is -2.32. The van der Waals surface area contributed by atoms with Gasteiger partial charge in [0.1, 0.15) is 5.82 Å². The van der Waals surface area contributed by atoms with Gasteiger partial charge in [0.2, 0.25) is 0 Å². The molecular formula is C26H30FN5O2. The predicted octanol–water partition coefficient (Wildman–Crippen LogP) is 4.76. The highest BCUT2D eigenvalue weighted by atomic mass is 19.1. The second-order valence-corrected chi connectivity index (χ2v) is 9.52. The largest absolute Gasteiger partial charge is 0.339 e. The van der Waals surface area contributed by atoms with Crippen LogP contribution in [0.4, 0.5) is 14.9 Å². The van der Waals surface area contributed by atoms with E-state index in [1.165, 1.54) is 17.7 Å². The topological polar surface area (TPSA) is 70.0 Å². The van der Waals surface area contributed by atoms with Crippen molar-refractivity contribution in [3.63, 3.8) is 0 Å². The zero-order valence-electron chi connectivity index (χ0n) is 19.4. The van der Waals surface area contributed by atoms with Gasteiger partial charge in [-0.15, -0.1) is 0 Å². The number of nitrogens with one attached hydrogen (secondary N) is 1. The summed E-state index contributed by atoms with van der Waals surface area (Å²) in [7, 11) is 0. The Morgan fingerprint density at radius 3 is 2.47 bits per heavy atom. The van der Waals surface area contributed by atoms with Crippen molar-refractivity contribution in [3.05, 3.63) is 65.7 Å². The molecule has 3 aromatic rings. The molecule has 2 aliphatic rings. The Morgan fingerprint density at radius 2 is 1.74 bits per heavy atom. The molecule has 34 heavy (non-hydrogen) atoms. The Morgan fingerprint density at radius 1 is 1.00 bits per heavy atom. The lowest BCUT2D eigenvalue weighted by atomic mass is 9.89. The molecule has 1 N–H and O–H groups in total. The first kappa shape index (κ1) is 22.4. The zero-order valence-corrected chi connectivity index (χ0v) is 19.4. The minimum absolute atomic E-state index is 0.0582. The van der Waals surface area contributed by atoms with Gasteiger partial charge in [-0.1, -0.05) is 13.0 Å². The highest BCUT2D eigenvalue weighted by Gasteiger charge is 2.27. The molecule has 2 fully saturated rings. The maximum absolute atomic E-state index is 13.4. The molecule has 0 aliphatic carbocycles. The average molecular weight is 464 g/mol. The van der Waals surface area contributed by atoms with Gasteiger partial charge in [-0.25, -0.2) is 13.7 Å². The second kappa shape index (κ2) is 9.44. The number of hydrogen-bond donors (Lipinski definition) is 1. The Kier molecular flexibility index (Phi) is 6.22. The lowest BCUT2D eigenvalue weighted by molar-refractivity contribution is 0.0699. The molecule has 2 saturated heterocycles. The fourth-order valence-electron chi connectivity index (χ4n) is 4.98. The molecule has 8 heteroatoms. The number of piperidine rings is 2. The van der Waals surface area contributed by atoms with Crippen molar-refractivity contribution >= 4 is 23.1 Å². The van der Waals surface area contributed by atoms with E-state index in [0.717, 1.165) is 44.3 Å². The first-order chi connectivity index (χ1) is 16.5. The maximum atomic E-state index is 13.4. The van der Waals surface area contributed by atoms with E-state index in [-0.39, 0.29) is 17.8 Å². The van der Waals surface area contributed by atoms with Gasteiger partial charge in [-0.05, 0) is 73.4 Å². The number of anilines is 1. The summed E-state index contributed by atoms with van der Waals surface area (Å²) in [5.41, 5.74) is 3.12. The van der Waals surface area contributed by atoms with Crippen LogP contribution in [0.15, 0.2) is 48.8 Å². The highest BCUT2D eigenvalue weighted by molar-refractivity contribution is 6.00. The first-order valence-electron chi connectivity index (χ1n) is 12.1. The fraction of sp³-hybridized carbons (Fsp3) is 0.423. The van der Waals surface area contributed by atoms with Crippen LogP contribution < -0.4 is 5.32 Å². The molecule has 2 aromatic heterocycles. The van der Waals surface area contributed by atoms with Crippen LogP contribution in [0, 0.1) is 11.7 Å². The smallest absolute Gasteiger partial charge is 0.321 e. The summed E-state index contributed by atoms with van der Waals surface area (Å²) in [6.45, 7) is 5.07. The zero-order chi connectivity index (χ0) is 23.7. The molecule has 0 unspecified atom stereocenters. The molecule has 7 nitrogen and oxygen atoms in total. The molecule has 0 radical (unpaired) electrons. The molecule has 0 bridgehead atoms. The minimum atomic E-state index is -0.375. The number of benzene rings is 1. The number of hydrogen-bond acceptors (Lipinski definition) is 3. The Labute approximate surface area is 198 Å². The minimum Gasteiger partial charge on any atom is -0.339 e. The van der Waals surface area contributed by atoms with Crippen LogP contribution in [-0.4, -0.2) is 57.5 Å². The third-order valence-corrected chi connectivity index (χ3v) is 7.18. The number of urea groups is 1. The number of fused-ring (bicyclic) bond motifs is 1. The summed E-state index contributed by atoms with van der Waals surface area (Å²) in [4.78, 5) is 29.5. The predicted molar refractivity (Wildman–Crippen MR) is 128 cm³/mol. The third kappa shape index (κ3) is 4.62. The molecule has 0 atom stereocenters. The SMILES string of the molecule is CC1CCN(C(=O)c2cnn3ccc(C4CCN(C(=O)Nc5cccc(F)c5)CC4)cc23)CC1. The van der Waals surface area contributed by atoms with Crippen LogP contribution in [0.3, 0.4) is 0 Å². The van der Waals surface area contributed by atoms with Gasteiger partial charge in [0.25, 0.3) is 5.91 Å². The van der Waals surface area contributed by atoms with E-state index in [2.05, 4.69) is 29.5 Å². The molecule has 4 heterocycles. The molecule has 2 aliphatic heterocycles. The Bertz CT molecular complexity index is 1190. The Balaban J connectivity index is 1.25. The molecule has 3 amide bonds. The number of nitrogens with zero attached hydrogens (tertiary/aromatic N) is 4. The number of halogens is 1. The monoisotopic (exact) mass is 463 g/mol. The van der Waals surface area contributed by atoms with Crippen molar-refractivity contribution in [3.8, 4) is 0 Å². The summed E-state index contributed by atoms with van der Waals surface area (Å²) in [5, 5.41) is 7.17. The third-order valence-electron chi connectivity index (χ3n) is 7.18. The van der Waals surface area contributed by atoms with Crippen molar-refractivity contribution < 1.29 is 14.0 Å². The van der Waals surface area contributed by atoms with Crippen LogP contribution in [0.5, 0.6) is 0 Å². The fourth-order valence-corrected chi connectivity index (χ4v) is 4.98. The summed E-state index contributed by atoms with van der Waals surface area (Å²) < 4.78 is 15.2. The summed E-state index contributed by atoms with van der Waals surface area (Å²) >= 11 is 0. The number of amides is 3. The van der Waals surface area contributed by atoms with E-state index in [4.69, 9.17) is 0 Å². The molecule has 1 aromatic carbocycles. The van der Waals surface area contributed by atoms with Crippen molar-refractivity contribution in [1.29, 1.82) is 0 Å². The van der Waals surface area contributed by atoms with Gasteiger partial charge >= 0.3 is 6.03 Å². The number of pyridine rings is 1. The molecule has 0 saturated carbocycles. The van der Waals surface area contributed by atoms with E-state index < -0.39 is 0 Å². The van der Waals surface area contributed by atoms with E-state index >= 15 is 0 Å². The lowest BCUT2D eigenvalue weighted by Crippen LogP contribution is -2.40. The van der Waals surface area contributed by atoms with E-state index in [0.29, 0.717) is 36.2 Å². The van der Waals surface area contributed by atoms with Crippen molar-refractivity contribution in [2.75, 3.05) is 31.5 Å². The number of likely N-dealkylation sites (tertiary alicyclic amines) is 2. The second-order valence-electron chi connectivity index (χ2n) is 9.52. The standard InChI is InChI=1S/C26H30FN5O2/c1-18-5-10-30(11-6-18)25(33)23-17-28-32-14-9-20(15-24(23)32)19-7-12-31(13-8-19)26(34)29-22-4-2-3-21(27)16-22/h2-4,9,14-19H,5-8,10-13H2,1H3,(H,29,34). The molecule has 0 spiro atoms. The maximum Gasteiger partial charge on any atom is 0.321 e. The van der Waals surface area contributed by atoms with Crippen molar-refractivity contribution in [2.24, 2.45) is 5.92 Å². The van der Waals surface area contributed by atoms with Crippen LogP contribution in [-0.2, 0) is 0 Å². The van der Waals surface area contributed by atoms with Crippen LogP contribution in [0.25, 0.3) is 5.52 Å². The van der Waals surface area contributed by atoms with Crippen LogP contribution in [0.1, 0.15) is 54.4 Å². The van der Waals surface area contributed by atoms with E-state index in [9.17, 15) is 14.0 Å². The molecule has 178 valence electrons. The van der Waals surface area contributed by atoms with Gasteiger partial charge in [0.15, 0.2) is 0 Å². The summed E-state index contributed by atoms with van der Waals surface area (Å²) in [6.07, 6.45) is 7.34.